The maximum atomic E-state index is 12.3. The maximum absolute atomic E-state index is 12.3. The molecular formula is C19H22N4O3. The van der Waals surface area contributed by atoms with Crippen LogP contribution >= 0.6 is 0 Å². The van der Waals surface area contributed by atoms with E-state index in [1.807, 2.05) is 24.3 Å². The summed E-state index contributed by atoms with van der Waals surface area (Å²) in [6, 6.07) is 9.14. The van der Waals surface area contributed by atoms with Crippen LogP contribution in [-0.2, 0) is 9.53 Å². The van der Waals surface area contributed by atoms with Gasteiger partial charge in [-0.15, -0.1) is 0 Å². The number of nitrogens with zero attached hydrogens (tertiary/aromatic N) is 3. The average molecular weight is 354 g/mol. The molecule has 136 valence electrons. The summed E-state index contributed by atoms with van der Waals surface area (Å²) in [5, 5.41) is 2.76. The lowest BCUT2D eigenvalue weighted by Crippen LogP contribution is -2.30. The number of benzene rings is 1. The van der Waals surface area contributed by atoms with Crippen molar-refractivity contribution in [1.82, 2.24) is 9.97 Å². The molecule has 2 heterocycles. The summed E-state index contributed by atoms with van der Waals surface area (Å²) in [6.07, 6.45) is 2.97. The fraction of sp³-hybridized carbons (Fsp3) is 0.368. The van der Waals surface area contributed by atoms with Crippen LogP contribution in [0.25, 0.3) is 0 Å². The van der Waals surface area contributed by atoms with Crippen molar-refractivity contribution in [2.45, 2.75) is 32.8 Å². The zero-order chi connectivity index (χ0) is 18.5. The number of aryl methyl sites for hydroxylation is 1. The Hall–Kier alpha value is -2.96. The molecule has 0 radical (unpaired) electrons. The van der Waals surface area contributed by atoms with Crippen LogP contribution in [0, 0.1) is 6.92 Å². The van der Waals surface area contributed by atoms with Crippen molar-refractivity contribution in [3.63, 3.8) is 0 Å². The lowest BCUT2D eigenvalue weighted by molar-refractivity contribution is -0.123. The Labute approximate surface area is 152 Å². The molecule has 7 nitrogen and oxygen atoms in total. The fourth-order valence-corrected chi connectivity index (χ4v) is 2.82. The molecule has 2 aromatic rings. The fourth-order valence-electron chi connectivity index (χ4n) is 2.82. The van der Waals surface area contributed by atoms with Gasteiger partial charge in [-0.1, -0.05) is 0 Å². The van der Waals surface area contributed by atoms with Crippen LogP contribution in [0.3, 0.4) is 0 Å². The highest BCUT2D eigenvalue weighted by Gasteiger charge is 2.20. The van der Waals surface area contributed by atoms with Gasteiger partial charge in [-0.3, -0.25) is 4.79 Å². The predicted octanol–water partition coefficient (Wildman–Crippen LogP) is 2.57. The lowest BCUT2D eigenvalue weighted by Gasteiger charge is -2.18. The molecule has 0 aliphatic carbocycles. The summed E-state index contributed by atoms with van der Waals surface area (Å²) in [7, 11) is 0. The van der Waals surface area contributed by atoms with Gasteiger partial charge in [0, 0.05) is 30.7 Å². The molecule has 3 rings (SSSR count). The number of nitrogens with one attached hydrogen (secondary N) is 1. The molecule has 1 aromatic carbocycles. The number of esters is 1. The molecule has 1 saturated heterocycles. The molecule has 1 aromatic heterocycles. The number of aromatic nitrogens is 2. The second-order valence-corrected chi connectivity index (χ2v) is 6.27. The van der Waals surface area contributed by atoms with E-state index >= 15 is 0 Å². The number of ether oxygens (including phenoxy) is 1. The minimum absolute atomic E-state index is 0.132. The molecule has 1 aliphatic rings. The topological polar surface area (TPSA) is 84.4 Å². The average Bonchev–Trinajstić information content (AvgIpc) is 3.17. The highest BCUT2D eigenvalue weighted by Crippen LogP contribution is 2.22. The SMILES string of the molecule is Cc1nccc(C(=O)O[C@H](C)C(=O)Nc2ccc(N3CCCC3)cc2)n1. The number of hydrogen-bond donors (Lipinski definition) is 1. The Morgan fingerprint density at radius 3 is 2.50 bits per heavy atom. The van der Waals surface area contributed by atoms with Crippen molar-refractivity contribution < 1.29 is 14.3 Å². The second-order valence-electron chi connectivity index (χ2n) is 6.27. The van der Waals surface area contributed by atoms with Gasteiger partial charge in [0.25, 0.3) is 5.91 Å². The van der Waals surface area contributed by atoms with Crippen molar-refractivity contribution in [2.24, 2.45) is 0 Å². The van der Waals surface area contributed by atoms with Gasteiger partial charge in [-0.25, -0.2) is 14.8 Å². The Bertz CT molecular complexity index is 786. The number of carbonyl (C=O) groups is 2. The molecule has 1 fully saturated rings. The third-order valence-electron chi connectivity index (χ3n) is 4.24. The van der Waals surface area contributed by atoms with Crippen molar-refractivity contribution >= 4 is 23.3 Å². The van der Waals surface area contributed by atoms with Crippen LogP contribution in [0.2, 0.25) is 0 Å². The van der Waals surface area contributed by atoms with Gasteiger partial charge >= 0.3 is 5.97 Å². The van der Waals surface area contributed by atoms with Crippen molar-refractivity contribution in [3.8, 4) is 0 Å². The molecule has 1 amide bonds. The van der Waals surface area contributed by atoms with E-state index in [9.17, 15) is 9.59 Å². The normalized spacial score (nSPS) is 14.8. The molecule has 26 heavy (non-hydrogen) atoms. The zero-order valence-corrected chi connectivity index (χ0v) is 14.9. The molecule has 0 saturated carbocycles. The highest BCUT2D eigenvalue weighted by atomic mass is 16.5. The molecule has 1 aliphatic heterocycles. The van der Waals surface area contributed by atoms with E-state index in [0.29, 0.717) is 11.5 Å². The third kappa shape index (κ3) is 4.36. The number of hydrogen-bond acceptors (Lipinski definition) is 6. The molecule has 1 atom stereocenters. The second kappa shape index (κ2) is 7.95. The van der Waals surface area contributed by atoms with Crippen LogP contribution in [0.15, 0.2) is 36.5 Å². The maximum Gasteiger partial charge on any atom is 0.357 e. The van der Waals surface area contributed by atoms with E-state index in [1.165, 1.54) is 32.0 Å². The van der Waals surface area contributed by atoms with E-state index < -0.39 is 18.0 Å². The molecule has 0 spiro atoms. The number of rotatable bonds is 5. The first-order valence-corrected chi connectivity index (χ1v) is 8.69. The first-order valence-electron chi connectivity index (χ1n) is 8.69. The van der Waals surface area contributed by atoms with Crippen molar-refractivity contribution in [1.29, 1.82) is 0 Å². The van der Waals surface area contributed by atoms with Gasteiger partial charge in [0.1, 0.15) is 5.82 Å². The summed E-state index contributed by atoms with van der Waals surface area (Å²) in [6.45, 7) is 5.35. The molecular weight excluding hydrogens is 332 g/mol. The monoisotopic (exact) mass is 354 g/mol. The Morgan fingerprint density at radius 1 is 1.15 bits per heavy atom. The van der Waals surface area contributed by atoms with Gasteiger partial charge in [0.15, 0.2) is 11.8 Å². The highest BCUT2D eigenvalue weighted by molar-refractivity contribution is 5.96. The van der Waals surface area contributed by atoms with Crippen LogP contribution in [0.4, 0.5) is 11.4 Å². The van der Waals surface area contributed by atoms with E-state index in [1.54, 1.807) is 6.92 Å². The first kappa shape index (κ1) is 17.8. The van der Waals surface area contributed by atoms with Crippen LogP contribution in [0.5, 0.6) is 0 Å². The molecule has 7 heteroatoms. The molecule has 0 bridgehead atoms. The van der Waals surface area contributed by atoms with E-state index in [-0.39, 0.29) is 5.69 Å². The lowest BCUT2D eigenvalue weighted by atomic mass is 10.2. The van der Waals surface area contributed by atoms with E-state index in [4.69, 9.17) is 4.74 Å². The standard InChI is InChI=1S/C19H22N4O3/c1-13(26-19(25)17-9-10-20-14(2)21-17)18(24)22-15-5-7-16(8-6-15)23-11-3-4-12-23/h5-10,13H,3-4,11-12H2,1-2H3,(H,22,24)/t13-/m1/s1. The smallest absolute Gasteiger partial charge is 0.357 e. The van der Waals surface area contributed by atoms with Gasteiger partial charge in [0.2, 0.25) is 0 Å². The zero-order valence-electron chi connectivity index (χ0n) is 14.9. The minimum Gasteiger partial charge on any atom is -0.448 e. The largest absolute Gasteiger partial charge is 0.448 e. The van der Waals surface area contributed by atoms with Gasteiger partial charge < -0.3 is 15.0 Å². The summed E-state index contributed by atoms with van der Waals surface area (Å²) in [4.78, 5) is 34.6. The Kier molecular flexibility index (Phi) is 5.46. The van der Waals surface area contributed by atoms with Crippen molar-refractivity contribution in [3.05, 3.63) is 48.0 Å². The van der Waals surface area contributed by atoms with Crippen LogP contribution in [-0.4, -0.2) is 41.0 Å². The van der Waals surface area contributed by atoms with E-state index in [0.717, 1.165) is 18.8 Å². The van der Waals surface area contributed by atoms with Crippen molar-refractivity contribution in [2.75, 3.05) is 23.3 Å². The minimum atomic E-state index is -0.934. The third-order valence-corrected chi connectivity index (χ3v) is 4.24. The van der Waals surface area contributed by atoms with Gasteiger partial charge in [-0.2, -0.15) is 0 Å². The molecule has 1 N–H and O–H groups in total. The summed E-state index contributed by atoms with van der Waals surface area (Å²) < 4.78 is 5.18. The van der Waals surface area contributed by atoms with Gasteiger partial charge in [-0.05, 0) is 57.0 Å². The number of anilines is 2. The summed E-state index contributed by atoms with van der Waals surface area (Å²) in [5.74, 6) is -0.574. The number of amides is 1. The number of carbonyl (C=O) groups excluding carboxylic acids is 2. The first-order chi connectivity index (χ1) is 12.5. The summed E-state index contributed by atoms with van der Waals surface area (Å²) in [5.41, 5.74) is 1.95. The Balaban J connectivity index is 1.56. The van der Waals surface area contributed by atoms with E-state index in [2.05, 4.69) is 20.2 Å². The Morgan fingerprint density at radius 2 is 1.85 bits per heavy atom. The van der Waals surface area contributed by atoms with Crippen LogP contribution in [0.1, 0.15) is 36.1 Å². The molecule has 0 unspecified atom stereocenters. The van der Waals surface area contributed by atoms with Crippen LogP contribution < -0.4 is 10.2 Å². The quantitative estimate of drug-likeness (QED) is 0.831. The predicted molar refractivity (Wildman–Crippen MR) is 98.2 cm³/mol. The van der Waals surface area contributed by atoms with Gasteiger partial charge in [0.05, 0.1) is 0 Å². The summed E-state index contributed by atoms with van der Waals surface area (Å²) >= 11 is 0.